The fraction of sp³-hybridized carbons (Fsp3) is 0.273. The van der Waals surface area contributed by atoms with Gasteiger partial charge in [0.2, 0.25) is 5.91 Å². The molecule has 3 aromatic rings. The lowest BCUT2D eigenvalue weighted by molar-refractivity contribution is -0.116. The average Bonchev–Trinajstić information content (AvgIpc) is 3.16. The smallest absolute Gasteiger partial charge is 0.252 e. The van der Waals surface area contributed by atoms with Gasteiger partial charge < -0.3 is 15.2 Å². The molecule has 0 spiro atoms. The van der Waals surface area contributed by atoms with Gasteiger partial charge in [0.15, 0.2) is 0 Å². The van der Waals surface area contributed by atoms with Gasteiger partial charge in [0, 0.05) is 34.9 Å². The third kappa shape index (κ3) is 3.45. The predicted molar refractivity (Wildman–Crippen MR) is 107 cm³/mol. The molecule has 1 aliphatic heterocycles. The Morgan fingerprint density at radius 2 is 2.00 bits per heavy atom. The van der Waals surface area contributed by atoms with Crippen LogP contribution in [0.2, 0.25) is 0 Å². The highest BCUT2D eigenvalue weighted by molar-refractivity contribution is 6.01. The number of anilines is 1. The lowest BCUT2D eigenvalue weighted by Gasteiger charge is -2.12. The SMILES string of the molecule is CC(C)Cn1ccc2cc(NC(=O)C[C@@H]3NC(=O)c4ccccc43)ccc21. The molecule has 2 amide bonds. The number of hydrogen-bond acceptors (Lipinski definition) is 2. The molecule has 0 saturated carbocycles. The van der Waals surface area contributed by atoms with Gasteiger partial charge in [-0.3, -0.25) is 9.59 Å². The van der Waals surface area contributed by atoms with E-state index in [0.717, 1.165) is 23.2 Å². The fourth-order valence-corrected chi connectivity index (χ4v) is 3.71. The summed E-state index contributed by atoms with van der Waals surface area (Å²) >= 11 is 0. The number of benzene rings is 2. The zero-order valence-electron chi connectivity index (χ0n) is 15.5. The van der Waals surface area contributed by atoms with E-state index in [-0.39, 0.29) is 24.3 Å². The van der Waals surface area contributed by atoms with Crippen molar-refractivity contribution in [1.29, 1.82) is 0 Å². The molecule has 0 bridgehead atoms. The molecule has 2 aromatic carbocycles. The lowest BCUT2D eigenvalue weighted by atomic mass is 10.0. The van der Waals surface area contributed by atoms with Gasteiger partial charge in [-0.15, -0.1) is 0 Å². The van der Waals surface area contributed by atoms with Crippen LogP contribution in [0.3, 0.4) is 0 Å². The largest absolute Gasteiger partial charge is 0.347 e. The number of nitrogens with zero attached hydrogens (tertiary/aromatic N) is 1. The minimum atomic E-state index is -0.274. The second-order valence-corrected chi connectivity index (χ2v) is 7.50. The Kier molecular flexibility index (Phi) is 4.44. The van der Waals surface area contributed by atoms with Crippen molar-refractivity contribution in [3.63, 3.8) is 0 Å². The molecular formula is C22H23N3O2. The molecule has 2 heterocycles. The van der Waals surface area contributed by atoms with Crippen LogP contribution in [0.4, 0.5) is 5.69 Å². The maximum atomic E-state index is 12.5. The first-order valence-electron chi connectivity index (χ1n) is 9.30. The minimum Gasteiger partial charge on any atom is -0.347 e. The first-order valence-corrected chi connectivity index (χ1v) is 9.30. The molecule has 138 valence electrons. The summed E-state index contributed by atoms with van der Waals surface area (Å²) in [4.78, 5) is 24.5. The zero-order chi connectivity index (χ0) is 19.0. The second kappa shape index (κ2) is 6.91. The zero-order valence-corrected chi connectivity index (χ0v) is 15.5. The van der Waals surface area contributed by atoms with E-state index >= 15 is 0 Å². The van der Waals surface area contributed by atoms with Crippen molar-refractivity contribution in [2.45, 2.75) is 32.9 Å². The van der Waals surface area contributed by atoms with Gasteiger partial charge in [-0.2, -0.15) is 0 Å². The predicted octanol–water partition coefficient (Wildman–Crippen LogP) is 4.11. The highest BCUT2D eigenvalue weighted by Gasteiger charge is 2.29. The molecule has 0 radical (unpaired) electrons. The third-order valence-electron chi connectivity index (χ3n) is 4.89. The van der Waals surface area contributed by atoms with E-state index in [2.05, 4.69) is 41.3 Å². The van der Waals surface area contributed by atoms with E-state index in [1.165, 1.54) is 5.52 Å². The van der Waals surface area contributed by atoms with Crippen LogP contribution in [-0.2, 0) is 11.3 Å². The maximum Gasteiger partial charge on any atom is 0.252 e. The van der Waals surface area contributed by atoms with Crippen LogP contribution in [0, 0.1) is 5.92 Å². The van der Waals surface area contributed by atoms with E-state index in [1.807, 2.05) is 36.4 Å². The van der Waals surface area contributed by atoms with E-state index in [9.17, 15) is 9.59 Å². The Hall–Kier alpha value is -3.08. The van der Waals surface area contributed by atoms with Crippen LogP contribution in [0.1, 0.15) is 42.2 Å². The standard InChI is InChI=1S/C22H23N3O2/c1-14(2)13-25-10-9-15-11-16(7-8-20(15)25)23-21(26)12-19-17-5-3-4-6-18(17)22(27)24-19/h3-11,14,19H,12-13H2,1-2H3,(H,23,26)(H,24,27)/t19-/m0/s1. The molecule has 0 aliphatic carbocycles. The number of hydrogen-bond donors (Lipinski definition) is 2. The second-order valence-electron chi connectivity index (χ2n) is 7.50. The topological polar surface area (TPSA) is 63.1 Å². The van der Waals surface area contributed by atoms with Crippen LogP contribution in [0.25, 0.3) is 10.9 Å². The van der Waals surface area contributed by atoms with E-state index in [1.54, 1.807) is 6.07 Å². The Balaban J connectivity index is 1.46. The van der Waals surface area contributed by atoms with Crippen molar-refractivity contribution in [2.75, 3.05) is 5.32 Å². The molecule has 1 aromatic heterocycles. The lowest BCUT2D eigenvalue weighted by Crippen LogP contribution is -2.24. The summed E-state index contributed by atoms with van der Waals surface area (Å²) in [5.41, 5.74) is 3.48. The van der Waals surface area contributed by atoms with Crippen LogP contribution >= 0.6 is 0 Å². The number of carbonyl (C=O) groups excluding carboxylic acids is 2. The molecule has 0 unspecified atom stereocenters. The van der Waals surface area contributed by atoms with Crippen molar-refractivity contribution >= 4 is 28.4 Å². The van der Waals surface area contributed by atoms with Crippen molar-refractivity contribution in [1.82, 2.24) is 9.88 Å². The monoisotopic (exact) mass is 361 g/mol. The average molecular weight is 361 g/mol. The van der Waals surface area contributed by atoms with Gasteiger partial charge in [0.1, 0.15) is 0 Å². The van der Waals surface area contributed by atoms with Gasteiger partial charge in [0.25, 0.3) is 5.91 Å². The van der Waals surface area contributed by atoms with Crippen LogP contribution < -0.4 is 10.6 Å². The number of amides is 2. The van der Waals surface area contributed by atoms with E-state index in [4.69, 9.17) is 0 Å². The van der Waals surface area contributed by atoms with Gasteiger partial charge in [-0.05, 0) is 41.8 Å². The summed E-state index contributed by atoms with van der Waals surface area (Å²) in [5, 5.41) is 6.95. The Labute approximate surface area is 158 Å². The Morgan fingerprint density at radius 3 is 2.81 bits per heavy atom. The number of carbonyl (C=O) groups is 2. The minimum absolute atomic E-state index is 0.113. The summed E-state index contributed by atoms with van der Waals surface area (Å²) < 4.78 is 2.23. The number of aromatic nitrogens is 1. The van der Waals surface area contributed by atoms with Crippen molar-refractivity contribution in [3.8, 4) is 0 Å². The molecular weight excluding hydrogens is 338 g/mol. The Bertz CT molecular complexity index is 1020. The molecule has 2 N–H and O–H groups in total. The van der Waals surface area contributed by atoms with Gasteiger partial charge in [0.05, 0.1) is 12.5 Å². The van der Waals surface area contributed by atoms with Gasteiger partial charge >= 0.3 is 0 Å². The molecule has 5 heteroatoms. The first kappa shape index (κ1) is 17.3. The molecule has 4 rings (SSSR count). The first-order chi connectivity index (χ1) is 13.0. The summed E-state index contributed by atoms with van der Waals surface area (Å²) in [6.45, 7) is 5.36. The summed E-state index contributed by atoms with van der Waals surface area (Å²) in [6.07, 6.45) is 2.30. The molecule has 5 nitrogen and oxygen atoms in total. The summed E-state index contributed by atoms with van der Waals surface area (Å²) in [7, 11) is 0. The molecule has 1 aliphatic rings. The van der Waals surface area contributed by atoms with Gasteiger partial charge in [-0.1, -0.05) is 32.0 Å². The molecule has 0 saturated heterocycles. The Morgan fingerprint density at radius 1 is 1.19 bits per heavy atom. The quantitative estimate of drug-likeness (QED) is 0.718. The normalized spacial score (nSPS) is 15.8. The van der Waals surface area contributed by atoms with E-state index < -0.39 is 0 Å². The third-order valence-corrected chi connectivity index (χ3v) is 4.89. The van der Waals surface area contributed by atoms with Crippen molar-refractivity contribution < 1.29 is 9.59 Å². The molecule has 0 fully saturated rings. The van der Waals surface area contributed by atoms with E-state index in [0.29, 0.717) is 11.5 Å². The molecule has 1 atom stereocenters. The summed E-state index contributed by atoms with van der Waals surface area (Å²) in [6, 6.07) is 15.2. The highest BCUT2D eigenvalue weighted by Crippen LogP contribution is 2.28. The van der Waals surface area contributed by atoms with Crippen LogP contribution in [0.15, 0.2) is 54.7 Å². The van der Waals surface area contributed by atoms with Crippen LogP contribution in [-0.4, -0.2) is 16.4 Å². The number of rotatable bonds is 5. The fourth-order valence-electron chi connectivity index (χ4n) is 3.71. The number of fused-ring (bicyclic) bond motifs is 2. The maximum absolute atomic E-state index is 12.5. The van der Waals surface area contributed by atoms with Gasteiger partial charge in [-0.25, -0.2) is 0 Å². The highest BCUT2D eigenvalue weighted by atomic mass is 16.2. The van der Waals surface area contributed by atoms with Crippen LogP contribution in [0.5, 0.6) is 0 Å². The number of nitrogens with one attached hydrogen (secondary N) is 2. The molecule has 27 heavy (non-hydrogen) atoms. The summed E-state index contributed by atoms with van der Waals surface area (Å²) in [5.74, 6) is 0.346. The van der Waals surface area contributed by atoms with Crippen molar-refractivity contribution in [2.24, 2.45) is 5.92 Å². The van der Waals surface area contributed by atoms with Crippen molar-refractivity contribution in [3.05, 3.63) is 65.9 Å².